The van der Waals surface area contributed by atoms with E-state index in [1.807, 2.05) is 24.3 Å². The average Bonchev–Trinajstić information content (AvgIpc) is 2.66. The van der Waals surface area contributed by atoms with Gasteiger partial charge < -0.3 is 10.1 Å². The highest BCUT2D eigenvalue weighted by molar-refractivity contribution is 7.80. The number of carbonyl (C=O) groups is 2. The number of urea groups is 1. The van der Waals surface area contributed by atoms with Crippen LogP contribution in [-0.2, 0) is 4.79 Å². The summed E-state index contributed by atoms with van der Waals surface area (Å²) in [5.41, 5.74) is 6.14. The lowest BCUT2D eigenvalue weighted by atomic mass is 10.2. The lowest BCUT2D eigenvalue weighted by Gasteiger charge is -2.10. The average molecular weight is 370 g/mol. The molecule has 0 unspecified atom stereocenters. The maximum absolute atomic E-state index is 11.9. The number of anilines is 1. The number of hydrogen-bond acceptors (Lipinski definition) is 4. The zero-order valence-electron chi connectivity index (χ0n) is 14.0. The molecule has 0 aliphatic heterocycles. The second-order valence-corrected chi connectivity index (χ2v) is 5.37. The lowest BCUT2D eigenvalue weighted by molar-refractivity contribution is -0.115. The van der Waals surface area contributed by atoms with Crippen LogP contribution in [0.5, 0.6) is 5.75 Å². The van der Waals surface area contributed by atoms with Crippen molar-refractivity contribution in [2.24, 2.45) is 0 Å². The highest BCUT2D eigenvalue weighted by Gasteiger charge is 2.04. The van der Waals surface area contributed by atoms with Crippen molar-refractivity contribution in [3.05, 3.63) is 66.2 Å². The van der Waals surface area contributed by atoms with E-state index >= 15 is 0 Å². The molecule has 0 aliphatic rings. The van der Waals surface area contributed by atoms with E-state index in [2.05, 4.69) is 21.5 Å². The first-order valence-corrected chi connectivity index (χ1v) is 8.03. The molecule has 0 radical (unpaired) electrons. The highest BCUT2D eigenvalue weighted by atomic mass is 32.1. The topological polar surface area (TPSA) is 91.5 Å². The van der Waals surface area contributed by atoms with Gasteiger partial charge in [-0.1, -0.05) is 36.4 Å². The Bertz CT molecular complexity index is 809. The van der Waals surface area contributed by atoms with E-state index in [-0.39, 0.29) is 5.11 Å². The van der Waals surface area contributed by atoms with Crippen LogP contribution in [0.1, 0.15) is 5.56 Å². The Kier molecular flexibility index (Phi) is 7.14. The highest BCUT2D eigenvalue weighted by Crippen LogP contribution is 2.18. The smallest absolute Gasteiger partial charge is 0.337 e. The molecule has 26 heavy (non-hydrogen) atoms. The number of hydrogen-bond donors (Lipinski definition) is 4. The number of rotatable bonds is 4. The number of para-hydroxylation sites is 2. The Labute approximate surface area is 156 Å². The predicted molar refractivity (Wildman–Crippen MR) is 105 cm³/mol. The third kappa shape index (κ3) is 6.25. The molecule has 0 heterocycles. The van der Waals surface area contributed by atoms with Crippen LogP contribution in [0.4, 0.5) is 10.5 Å². The molecular weight excluding hydrogens is 352 g/mol. The molecule has 0 spiro atoms. The number of carbonyl (C=O) groups excluding carboxylic acids is 2. The molecule has 2 aromatic rings. The molecule has 0 saturated heterocycles. The van der Waals surface area contributed by atoms with E-state index in [9.17, 15) is 9.59 Å². The minimum Gasteiger partial charge on any atom is -0.496 e. The van der Waals surface area contributed by atoms with Crippen LogP contribution in [0, 0.1) is 0 Å². The van der Waals surface area contributed by atoms with Crippen LogP contribution in [0.15, 0.2) is 60.7 Å². The summed E-state index contributed by atoms with van der Waals surface area (Å²) >= 11 is 4.95. The van der Waals surface area contributed by atoms with Gasteiger partial charge in [0.25, 0.3) is 0 Å². The first kappa shape index (κ1) is 18.9. The maximum Gasteiger partial charge on any atom is 0.337 e. The number of benzene rings is 2. The van der Waals surface area contributed by atoms with Crippen molar-refractivity contribution in [3.63, 3.8) is 0 Å². The first-order chi connectivity index (χ1) is 12.6. The Balaban J connectivity index is 1.77. The molecule has 2 aromatic carbocycles. The number of ether oxygens (including phenoxy) is 1. The predicted octanol–water partition coefficient (Wildman–Crippen LogP) is 2.44. The molecule has 0 bridgehead atoms. The van der Waals surface area contributed by atoms with Gasteiger partial charge >= 0.3 is 6.03 Å². The molecule has 7 nitrogen and oxygen atoms in total. The minimum absolute atomic E-state index is 0.0390. The third-order valence-corrected chi connectivity index (χ3v) is 3.32. The maximum atomic E-state index is 11.9. The molecule has 4 N–H and O–H groups in total. The molecule has 2 rings (SSSR count). The van der Waals surface area contributed by atoms with Gasteiger partial charge in [0.05, 0.1) is 7.11 Å². The molecule has 0 saturated carbocycles. The molecule has 0 aromatic heterocycles. The fourth-order valence-electron chi connectivity index (χ4n) is 1.95. The van der Waals surface area contributed by atoms with Crippen molar-refractivity contribution < 1.29 is 14.3 Å². The Hall–Kier alpha value is -3.39. The molecule has 0 fully saturated rings. The monoisotopic (exact) mass is 370 g/mol. The van der Waals surface area contributed by atoms with Crippen LogP contribution in [0.25, 0.3) is 6.08 Å². The van der Waals surface area contributed by atoms with Gasteiger partial charge in [0.15, 0.2) is 5.11 Å². The van der Waals surface area contributed by atoms with Crippen LogP contribution >= 0.6 is 12.2 Å². The van der Waals surface area contributed by atoms with Gasteiger partial charge in [0.2, 0.25) is 5.91 Å². The first-order valence-electron chi connectivity index (χ1n) is 7.62. The standard InChI is InChI=1S/C18H18N4O3S/c1-25-15-10-6-5-7-13(15)11-12-16(23)20-18(26)22-21-17(24)19-14-8-3-2-4-9-14/h2-12H,1H3,(H2,19,21,24)(H2,20,22,23,26). The van der Waals surface area contributed by atoms with E-state index < -0.39 is 11.9 Å². The van der Waals surface area contributed by atoms with Crippen molar-refractivity contribution in [2.45, 2.75) is 0 Å². The van der Waals surface area contributed by atoms with Gasteiger partial charge in [-0.2, -0.15) is 0 Å². The molecule has 0 aliphatic carbocycles. The molecule has 0 atom stereocenters. The Morgan fingerprint density at radius 2 is 1.69 bits per heavy atom. The number of amides is 3. The van der Waals surface area contributed by atoms with Crippen molar-refractivity contribution in [1.82, 2.24) is 16.2 Å². The minimum atomic E-state index is -0.516. The Morgan fingerprint density at radius 3 is 2.42 bits per heavy atom. The number of methoxy groups -OCH3 is 1. The van der Waals surface area contributed by atoms with Crippen LogP contribution in [0.2, 0.25) is 0 Å². The van der Waals surface area contributed by atoms with E-state index in [1.165, 1.54) is 6.08 Å². The zero-order valence-corrected chi connectivity index (χ0v) is 14.8. The van der Waals surface area contributed by atoms with Crippen LogP contribution < -0.4 is 26.2 Å². The van der Waals surface area contributed by atoms with Gasteiger partial charge in [0, 0.05) is 17.3 Å². The summed E-state index contributed by atoms with van der Waals surface area (Å²) in [7, 11) is 1.55. The summed E-state index contributed by atoms with van der Waals surface area (Å²) in [6.45, 7) is 0. The van der Waals surface area contributed by atoms with Gasteiger partial charge in [-0.05, 0) is 36.5 Å². The van der Waals surface area contributed by atoms with E-state index in [4.69, 9.17) is 17.0 Å². The summed E-state index contributed by atoms with van der Waals surface area (Å²) < 4.78 is 5.20. The quantitative estimate of drug-likeness (QED) is 0.377. The van der Waals surface area contributed by atoms with Crippen molar-refractivity contribution >= 4 is 41.0 Å². The second kappa shape index (κ2) is 9.80. The van der Waals surface area contributed by atoms with Gasteiger partial charge in [-0.25, -0.2) is 10.2 Å². The van der Waals surface area contributed by atoms with Crippen molar-refractivity contribution in [1.29, 1.82) is 0 Å². The van der Waals surface area contributed by atoms with Crippen molar-refractivity contribution in [2.75, 3.05) is 12.4 Å². The molecule has 3 amide bonds. The fraction of sp³-hybridized carbons (Fsp3) is 0.0556. The number of nitrogens with one attached hydrogen (secondary N) is 4. The van der Waals surface area contributed by atoms with E-state index in [1.54, 1.807) is 43.5 Å². The largest absolute Gasteiger partial charge is 0.496 e. The van der Waals surface area contributed by atoms with Crippen LogP contribution in [0.3, 0.4) is 0 Å². The summed E-state index contributed by atoms with van der Waals surface area (Å²) in [4.78, 5) is 23.6. The van der Waals surface area contributed by atoms with Gasteiger partial charge in [-0.3, -0.25) is 15.5 Å². The molecular formula is C18H18N4O3S. The fourth-order valence-corrected chi connectivity index (χ4v) is 2.10. The summed E-state index contributed by atoms with van der Waals surface area (Å²) in [6, 6.07) is 15.7. The van der Waals surface area contributed by atoms with Crippen molar-refractivity contribution in [3.8, 4) is 5.75 Å². The molecule has 8 heteroatoms. The second-order valence-electron chi connectivity index (χ2n) is 4.96. The Morgan fingerprint density at radius 1 is 1.00 bits per heavy atom. The third-order valence-electron chi connectivity index (χ3n) is 3.11. The summed E-state index contributed by atoms with van der Waals surface area (Å²) in [5.74, 6) is 0.204. The summed E-state index contributed by atoms with van der Waals surface area (Å²) in [5, 5.41) is 4.98. The normalized spacial score (nSPS) is 10.0. The van der Waals surface area contributed by atoms with Gasteiger partial charge in [-0.15, -0.1) is 0 Å². The van der Waals surface area contributed by atoms with Crippen LogP contribution in [-0.4, -0.2) is 24.2 Å². The number of thiocarbonyl (C=S) groups is 1. The summed E-state index contributed by atoms with van der Waals surface area (Å²) in [6.07, 6.45) is 2.92. The van der Waals surface area contributed by atoms with E-state index in [0.717, 1.165) is 5.56 Å². The SMILES string of the molecule is COc1ccccc1C=CC(=O)NC(=S)NNC(=O)Nc1ccccc1. The van der Waals surface area contributed by atoms with E-state index in [0.29, 0.717) is 11.4 Å². The zero-order chi connectivity index (χ0) is 18.8. The lowest BCUT2D eigenvalue weighted by Crippen LogP contribution is -2.49. The molecule has 134 valence electrons. The number of hydrazine groups is 1. The van der Waals surface area contributed by atoms with Gasteiger partial charge in [0.1, 0.15) is 5.75 Å².